The molecule has 0 radical (unpaired) electrons. The van der Waals surface area contributed by atoms with Crippen LogP contribution in [0.1, 0.15) is 12.1 Å². The number of aromatic nitrogens is 4. The first kappa shape index (κ1) is 14.1. The van der Waals surface area contributed by atoms with Gasteiger partial charge in [-0.2, -0.15) is 0 Å². The van der Waals surface area contributed by atoms with Gasteiger partial charge >= 0.3 is 6.01 Å². The van der Waals surface area contributed by atoms with Gasteiger partial charge in [0.05, 0.1) is 5.69 Å². The lowest BCUT2D eigenvalue weighted by atomic mass is 10.4. The van der Waals surface area contributed by atoms with Crippen LogP contribution in [0.2, 0.25) is 0 Å². The minimum atomic E-state index is -0.0698. The van der Waals surface area contributed by atoms with Crippen molar-refractivity contribution in [2.24, 2.45) is 0 Å². The molecule has 8 nitrogen and oxygen atoms in total. The van der Waals surface area contributed by atoms with Gasteiger partial charge in [-0.1, -0.05) is 15.7 Å². The van der Waals surface area contributed by atoms with Gasteiger partial charge in [0.1, 0.15) is 4.88 Å². The van der Waals surface area contributed by atoms with Crippen LogP contribution in [0.15, 0.2) is 17.1 Å². The average Bonchev–Trinajstić information content (AvgIpc) is 3.05. The molecule has 9 heteroatoms. The van der Waals surface area contributed by atoms with Crippen molar-refractivity contribution in [1.82, 2.24) is 25.1 Å². The third-order valence-corrected chi connectivity index (χ3v) is 3.16. The van der Waals surface area contributed by atoms with Crippen LogP contribution in [0.25, 0.3) is 10.8 Å². The lowest BCUT2D eigenvalue weighted by Crippen LogP contribution is -2.25. The van der Waals surface area contributed by atoms with Crippen LogP contribution in [-0.4, -0.2) is 38.8 Å². The second kappa shape index (κ2) is 6.75. The van der Waals surface area contributed by atoms with Crippen molar-refractivity contribution in [2.75, 3.05) is 18.4 Å². The molecule has 0 aliphatic rings. The lowest BCUT2D eigenvalue weighted by molar-refractivity contribution is -0.120. The van der Waals surface area contributed by atoms with E-state index in [-0.39, 0.29) is 11.9 Å². The molecule has 2 heterocycles. The number of aryl methyl sites for hydroxylation is 1. The molecule has 0 spiro atoms. The zero-order chi connectivity index (χ0) is 14.4. The molecule has 2 aromatic rings. The van der Waals surface area contributed by atoms with Crippen LogP contribution < -0.4 is 10.6 Å². The Balaban J connectivity index is 1.83. The van der Waals surface area contributed by atoms with Crippen molar-refractivity contribution in [2.45, 2.75) is 13.3 Å². The van der Waals surface area contributed by atoms with Crippen LogP contribution in [0.5, 0.6) is 0 Å². The Morgan fingerprint density at radius 1 is 1.45 bits per heavy atom. The van der Waals surface area contributed by atoms with Crippen LogP contribution in [0.4, 0.5) is 6.01 Å². The first-order chi connectivity index (χ1) is 9.70. The second-order valence-electron chi connectivity index (χ2n) is 3.87. The van der Waals surface area contributed by atoms with E-state index >= 15 is 0 Å². The average molecular weight is 294 g/mol. The second-order valence-corrected chi connectivity index (χ2v) is 4.62. The molecule has 2 N–H and O–H groups in total. The highest BCUT2D eigenvalue weighted by Gasteiger charge is 2.14. The molecular weight excluding hydrogens is 280 g/mol. The maximum atomic E-state index is 11.3. The maximum absolute atomic E-state index is 11.3. The van der Waals surface area contributed by atoms with E-state index in [1.165, 1.54) is 11.5 Å². The molecular formula is C11H14N6O2S. The molecule has 0 aromatic carbocycles. The Hall–Kier alpha value is -2.29. The van der Waals surface area contributed by atoms with Crippen molar-refractivity contribution >= 4 is 23.5 Å². The fourth-order valence-electron chi connectivity index (χ4n) is 1.37. The summed E-state index contributed by atoms with van der Waals surface area (Å²) >= 11 is 1.20. The minimum absolute atomic E-state index is 0.0698. The van der Waals surface area contributed by atoms with Crippen LogP contribution in [0.3, 0.4) is 0 Å². The molecule has 2 rings (SSSR count). The minimum Gasteiger partial charge on any atom is -0.402 e. The predicted octanol–water partition coefficient (Wildman–Crippen LogP) is 1.00. The summed E-state index contributed by atoms with van der Waals surface area (Å²) in [6.45, 7) is 6.21. The summed E-state index contributed by atoms with van der Waals surface area (Å²) in [5, 5.41) is 17.2. The fourth-order valence-corrected chi connectivity index (χ4v) is 1.95. The van der Waals surface area contributed by atoms with Gasteiger partial charge in [0.15, 0.2) is 0 Å². The van der Waals surface area contributed by atoms with Crippen LogP contribution in [0, 0.1) is 6.92 Å². The molecule has 0 bridgehead atoms. The highest BCUT2D eigenvalue weighted by Crippen LogP contribution is 2.25. The van der Waals surface area contributed by atoms with E-state index in [4.69, 9.17) is 4.42 Å². The van der Waals surface area contributed by atoms with Crippen molar-refractivity contribution < 1.29 is 9.21 Å². The zero-order valence-corrected chi connectivity index (χ0v) is 11.7. The molecule has 2 aromatic heterocycles. The standard InChI is InChI=1S/C11H14N6O2S/c1-3-5-12-8(18)4-6-13-11-16-15-10(19-11)9-7(2)14-17-20-9/h3H,1,4-6H2,2H3,(H,12,18)(H,13,16). The number of hydrogen-bond donors (Lipinski definition) is 2. The van der Waals surface area contributed by atoms with Gasteiger partial charge in [-0.05, 0) is 18.5 Å². The maximum Gasteiger partial charge on any atom is 0.315 e. The summed E-state index contributed by atoms with van der Waals surface area (Å²) in [6, 6.07) is 0.268. The number of nitrogens with one attached hydrogen (secondary N) is 2. The van der Waals surface area contributed by atoms with E-state index in [9.17, 15) is 4.79 Å². The predicted molar refractivity (Wildman–Crippen MR) is 74.3 cm³/mol. The summed E-state index contributed by atoms with van der Waals surface area (Å²) in [5.41, 5.74) is 0.744. The van der Waals surface area contributed by atoms with Gasteiger partial charge in [0.25, 0.3) is 5.89 Å². The van der Waals surface area contributed by atoms with Crippen LogP contribution in [-0.2, 0) is 4.79 Å². The third kappa shape index (κ3) is 3.60. The van der Waals surface area contributed by atoms with Gasteiger partial charge in [-0.25, -0.2) is 0 Å². The molecule has 0 aliphatic carbocycles. The first-order valence-corrected chi connectivity index (χ1v) is 6.72. The largest absolute Gasteiger partial charge is 0.402 e. The highest BCUT2D eigenvalue weighted by atomic mass is 32.1. The van der Waals surface area contributed by atoms with E-state index in [1.54, 1.807) is 6.08 Å². The molecule has 0 saturated carbocycles. The van der Waals surface area contributed by atoms with E-state index < -0.39 is 0 Å². The summed E-state index contributed by atoms with van der Waals surface area (Å²) in [5.74, 6) is 0.302. The molecule has 0 unspecified atom stereocenters. The molecule has 20 heavy (non-hydrogen) atoms. The molecule has 0 saturated heterocycles. The SMILES string of the molecule is C=CCNC(=O)CCNc1nnc(-c2snnc2C)o1. The Morgan fingerprint density at radius 2 is 2.30 bits per heavy atom. The number of anilines is 1. The van der Waals surface area contributed by atoms with Gasteiger partial charge < -0.3 is 15.1 Å². The summed E-state index contributed by atoms with van der Waals surface area (Å²) in [6.07, 6.45) is 1.94. The monoisotopic (exact) mass is 294 g/mol. The fraction of sp³-hybridized carbons (Fsp3) is 0.364. The first-order valence-electron chi connectivity index (χ1n) is 5.95. The smallest absolute Gasteiger partial charge is 0.315 e. The number of hydrogen-bond acceptors (Lipinski definition) is 8. The van der Waals surface area contributed by atoms with Crippen molar-refractivity contribution in [3.8, 4) is 10.8 Å². The third-order valence-electron chi connectivity index (χ3n) is 2.34. The Kier molecular flexibility index (Phi) is 4.77. The molecule has 0 atom stereocenters. The van der Waals surface area contributed by atoms with E-state index in [0.717, 1.165) is 10.6 Å². The molecule has 0 aliphatic heterocycles. The quantitative estimate of drug-likeness (QED) is 0.734. The summed E-state index contributed by atoms with van der Waals surface area (Å²) in [4.78, 5) is 12.1. The Morgan fingerprint density at radius 3 is 3.00 bits per heavy atom. The van der Waals surface area contributed by atoms with Crippen molar-refractivity contribution in [3.63, 3.8) is 0 Å². The van der Waals surface area contributed by atoms with Crippen LogP contribution >= 0.6 is 11.5 Å². The van der Waals surface area contributed by atoms with Gasteiger partial charge in [-0.3, -0.25) is 4.79 Å². The van der Waals surface area contributed by atoms with Crippen molar-refractivity contribution in [1.29, 1.82) is 0 Å². The van der Waals surface area contributed by atoms with E-state index in [2.05, 4.69) is 37.0 Å². The number of carbonyl (C=O) groups excluding carboxylic acids is 1. The van der Waals surface area contributed by atoms with Gasteiger partial charge in [0.2, 0.25) is 5.91 Å². The molecule has 106 valence electrons. The lowest BCUT2D eigenvalue weighted by Gasteiger charge is -2.02. The van der Waals surface area contributed by atoms with E-state index in [0.29, 0.717) is 25.4 Å². The van der Waals surface area contributed by atoms with E-state index in [1.807, 2.05) is 6.92 Å². The molecule has 1 amide bonds. The summed E-state index contributed by atoms with van der Waals surface area (Å²) < 4.78 is 9.22. The number of amides is 1. The van der Waals surface area contributed by atoms with Gasteiger partial charge in [-0.15, -0.1) is 16.8 Å². The number of carbonyl (C=O) groups is 1. The summed E-state index contributed by atoms with van der Waals surface area (Å²) in [7, 11) is 0. The molecule has 0 fully saturated rings. The zero-order valence-electron chi connectivity index (χ0n) is 10.9. The Labute approximate surface area is 119 Å². The normalized spacial score (nSPS) is 10.2. The van der Waals surface area contributed by atoms with Crippen molar-refractivity contribution in [3.05, 3.63) is 18.3 Å². The number of rotatable bonds is 7. The Bertz CT molecular complexity index is 593. The topological polar surface area (TPSA) is 106 Å². The number of nitrogens with zero attached hydrogens (tertiary/aromatic N) is 4. The highest BCUT2D eigenvalue weighted by molar-refractivity contribution is 7.09. The van der Waals surface area contributed by atoms with Gasteiger partial charge in [0, 0.05) is 19.5 Å².